The first kappa shape index (κ1) is 10.8. The highest BCUT2D eigenvalue weighted by Gasteiger charge is 2.42. The summed E-state index contributed by atoms with van der Waals surface area (Å²) in [5.41, 5.74) is -0.275. The first-order valence-corrected chi connectivity index (χ1v) is 3.84. The molecule has 0 heterocycles. The third-order valence-corrected chi connectivity index (χ3v) is 1.75. The van der Waals surface area contributed by atoms with E-state index in [-0.39, 0.29) is 5.56 Å². The van der Waals surface area contributed by atoms with Crippen LogP contribution in [0.1, 0.15) is 11.7 Å². The Balaban J connectivity index is 3.08. The van der Waals surface area contributed by atoms with Gasteiger partial charge >= 0.3 is 6.18 Å². The third kappa shape index (κ3) is 2.17. The lowest BCUT2D eigenvalue weighted by Gasteiger charge is -2.19. The van der Waals surface area contributed by atoms with Gasteiger partial charge in [0, 0.05) is 12.7 Å². The van der Waals surface area contributed by atoms with Crippen LogP contribution in [0.5, 0.6) is 5.75 Å². The van der Waals surface area contributed by atoms with Crippen LogP contribution in [0.4, 0.5) is 13.2 Å². The highest BCUT2D eigenvalue weighted by Crippen LogP contribution is 2.38. The molecular weight excluding hydrogens is 197 g/mol. The van der Waals surface area contributed by atoms with Crippen LogP contribution in [0.3, 0.4) is 0 Å². The lowest BCUT2D eigenvalue weighted by molar-refractivity contribution is -0.216. The minimum atomic E-state index is -4.52. The van der Waals surface area contributed by atoms with Gasteiger partial charge in [-0.25, -0.2) is 0 Å². The summed E-state index contributed by atoms with van der Waals surface area (Å²) in [5.74, 6) is -0.420. The van der Waals surface area contributed by atoms with Crippen molar-refractivity contribution in [3.05, 3.63) is 29.8 Å². The Labute approximate surface area is 78.9 Å². The largest absolute Gasteiger partial charge is 0.508 e. The van der Waals surface area contributed by atoms with E-state index in [0.29, 0.717) is 0 Å². The number of methoxy groups -OCH3 is 1. The number of hydrogen-bond donors (Lipinski definition) is 1. The molecule has 0 spiro atoms. The molecule has 0 fully saturated rings. The van der Waals surface area contributed by atoms with E-state index in [4.69, 9.17) is 0 Å². The van der Waals surface area contributed by atoms with Crippen LogP contribution in [0, 0.1) is 0 Å². The van der Waals surface area contributed by atoms with Crippen LogP contribution in [0.25, 0.3) is 0 Å². The van der Waals surface area contributed by atoms with Crippen molar-refractivity contribution < 1.29 is 23.0 Å². The van der Waals surface area contributed by atoms with Crippen molar-refractivity contribution in [2.45, 2.75) is 12.3 Å². The van der Waals surface area contributed by atoms with Crippen molar-refractivity contribution in [1.82, 2.24) is 0 Å². The van der Waals surface area contributed by atoms with Crippen molar-refractivity contribution >= 4 is 0 Å². The van der Waals surface area contributed by atoms with E-state index in [1.165, 1.54) is 24.3 Å². The van der Waals surface area contributed by atoms with Gasteiger partial charge in [0.1, 0.15) is 5.75 Å². The van der Waals surface area contributed by atoms with Gasteiger partial charge in [-0.05, 0) is 6.07 Å². The summed E-state index contributed by atoms with van der Waals surface area (Å²) in [6.07, 6.45) is -6.60. The Kier molecular flexibility index (Phi) is 3.00. The van der Waals surface area contributed by atoms with E-state index >= 15 is 0 Å². The SMILES string of the molecule is CO[C@H](c1ccccc1O)C(F)(F)F. The van der Waals surface area contributed by atoms with E-state index in [0.717, 1.165) is 7.11 Å². The lowest BCUT2D eigenvalue weighted by Crippen LogP contribution is -2.22. The predicted octanol–water partition coefficient (Wildman–Crippen LogP) is 2.64. The molecule has 5 heteroatoms. The fraction of sp³-hybridized carbons (Fsp3) is 0.333. The van der Waals surface area contributed by atoms with Gasteiger partial charge in [-0.3, -0.25) is 0 Å². The Morgan fingerprint density at radius 1 is 1.29 bits per heavy atom. The summed E-state index contributed by atoms with van der Waals surface area (Å²) in [5, 5.41) is 9.20. The normalized spacial score (nSPS) is 14.0. The topological polar surface area (TPSA) is 29.5 Å². The molecule has 14 heavy (non-hydrogen) atoms. The highest BCUT2D eigenvalue weighted by molar-refractivity contribution is 5.34. The zero-order valence-corrected chi connectivity index (χ0v) is 7.38. The number of aromatic hydroxyl groups is 1. The number of rotatable bonds is 2. The minimum Gasteiger partial charge on any atom is -0.508 e. The number of halogens is 3. The van der Waals surface area contributed by atoms with Crippen LogP contribution in [-0.4, -0.2) is 18.4 Å². The number of hydrogen-bond acceptors (Lipinski definition) is 2. The molecule has 1 aromatic carbocycles. The van der Waals surface area contributed by atoms with Crippen LogP contribution in [-0.2, 0) is 4.74 Å². The first-order valence-electron chi connectivity index (χ1n) is 3.84. The van der Waals surface area contributed by atoms with Gasteiger partial charge in [0.2, 0.25) is 0 Å². The third-order valence-electron chi connectivity index (χ3n) is 1.75. The molecule has 0 aliphatic rings. The molecule has 0 amide bonds. The molecular formula is C9H9F3O2. The second-order valence-corrected chi connectivity index (χ2v) is 2.72. The summed E-state index contributed by atoms with van der Waals surface area (Å²) in [6, 6.07) is 5.22. The van der Waals surface area contributed by atoms with Gasteiger partial charge in [-0.2, -0.15) is 13.2 Å². The fourth-order valence-electron chi connectivity index (χ4n) is 1.15. The van der Waals surface area contributed by atoms with E-state index in [9.17, 15) is 18.3 Å². The maximum atomic E-state index is 12.3. The van der Waals surface area contributed by atoms with Crippen molar-refractivity contribution in [2.24, 2.45) is 0 Å². The van der Waals surface area contributed by atoms with Crippen LogP contribution < -0.4 is 0 Å². The van der Waals surface area contributed by atoms with Gasteiger partial charge in [0.15, 0.2) is 6.10 Å². The number of phenols is 1. The molecule has 0 aliphatic carbocycles. The Morgan fingerprint density at radius 2 is 1.86 bits per heavy atom. The standard InChI is InChI=1S/C9H9F3O2/c1-14-8(9(10,11)12)6-4-2-3-5-7(6)13/h2-5,8,13H,1H3/t8-/m1/s1. The van der Waals surface area contributed by atoms with Gasteiger partial charge in [0.05, 0.1) is 0 Å². The minimum absolute atomic E-state index is 0.275. The summed E-state index contributed by atoms with van der Waals surface area (Å²) < 4.78 is 41.3. The molecule has 0 aliphatic heterocycles. The van der Waals surface area contributed by atoms with E-state index in [2.05, 4.69) is 4.74 Å². The van der Waals surface area contributed by atoms with Crippen molar-refractivity contribution in [3.63, 3.8) is 0 Å². The summed E-state index contributed by atoms with van der Waals surface area (Å²) in [6.45, 7) is 0. The highest BCUT2D eigenvalue weighted by atomic mass is 19.4. The predicted molar refractivity (Wildman–Crippen MR) is 43.9 cm³/mol. The molecule has 1 N–H and O–H groups in total. The molecule has 78 valence electrons. The quantitative estimate of drug-likeness (QED) is 0.805. The van der Waals surface area contributed by atoms with Gasteiger partial charge in [-0.1, -0.05) is 18.2 Å². The van der Waals surface area contributed by atoms with Crippen molar-refractivity contribution in [3.8, 4) is 5.75 Å². The number of ether oxygens (including phenoxy) is 1. The van der Waals surface area contributed by atoms with Gasteiger partial charge in [-0.15, -0.1) is 0 Å². The number of para-hydroxylation sites is 1. The summed E-state index contributed by atoms with van der Waals surface area (Å²) in [4.78, 5) is 0. The lowest BCUT2D eigenvalue weighted by atomic mass is 10.1. The Bertz CT molecular complexity index is 309. The average Bonchev–Trinajstić information content (AvgIpc) is 2.07. The zero-order valence-electron chi connectivity index (χ0n) is 7.38. The number of phenolic OH excluding ortho intramolecular Hbond substituents is 1. The molecule has 1 atom stereocenters. The van der Waals surface area contributed by atoms with E-state index < -0.39 is 18.0 Å². The molecule has 0 bridgehead atoms. The molecule has 0 unspecified atom stereocenters. The molecule has 2 nitrogen and oxygen atoms in total. The fourth-order valence-corrected chi connectivity index (χ4v) is 1.15. The average molecular weight is 206 g/mol. The maximum absolute atomic E-state index is 12.3. The zero-order chi connectivity index (χ0) is 10.8. The number of alkyl halides is 3. The monoisotopic (exact) mass is 206 g/mol. The Morgan fingerprint density at radius 3 is 2.29 bits per heavy atom. The molecule has 0 saturated heterocycles. The molecule has 0 saturated carbocycles. The molecule has 0 aromatic heterocycles. The first-order chi connectivity index (χ1) is 6.46. The smallest absolute Gasteiger partial charge is 0.418 e. The second kappa shape index (κ2) is 3.88. The molecule has 0 radical (unpaired) electrons. The van der Waals surface area contributed by atoms with Crippen molar-refractivity contribution in [1.29, 1.82) is 0 Å². The van der Waals surface area contributed by atoms with Crippen LogP contribution in [0.2, 0.25) is 0 Å². The van der Waals surface area contributed by atoms with E-state index in [1.54, 1.807) is 0 Å². The van der Waals surface area contributed by atoms with Crippen LogP contribution >= 0.6 is 0 Å². The summed E-state index contributed by atoms with van der Waals surface area (Å²) in [7, 11) is 0.949. The summed E-state index contributed by atoms with van der Waals surface area (Å²) >= 11 is 0. The van der Waals surface area contributed by atoms with Gasteiger partial charge < -0.3 is 9.84 Å². The molecule has 1 aromatic rings. The number of benzene rings is 1. The van der Waals surface area contributed by atoms with Gasteiger partial charge in [0.25, 0.3) is 0 Å². The van der Waals surface area contributed by atoms with Crippen LogP contribution in [0.15, 0.2) is 24.3 Å². The van der Waals surface area contributed by atoms with Crippen molar-refractivity contribution in [2.75, 3.05) is 7.11 Å². The van der Waals surface area contributed by atoms with E-state index in [1.807, 2.05) is 0 Å². The molecule has 1 rings (SSSR count). The second-order valence-electron chi connectivity index (χ2n) is 2.72. The maximum Gasteiger partial charge on any atom is 0.418 e. The Hall–Kier alpha value is -1.23.